The molecule has 18 heavy (non-hydrogen) atoms. The lowest BCUT2D eigenvalue weighted by atomic mass is 9.91. The van der Waals surface area contributed by atoms with Gasteiger partial charge in [-0.25, -0.2) is 0 Å². The number of ketones is 1. The van der Waals surface area contributed by atoms with Gasteiger partial charge in [0.25, 0.3) is 0 Å². The normalized spacial score (nSPS) is 16.1. The Morgan fingerprint density at radius 2 is 1.78 bits per heavy atom. The van der Waals surface area contributed by atoms with E-state index in [1.54, 1.807) is 0 Å². The predicted octanol–water partition coefficient (Wildman–Crippen LogP) is 1.94. The van der Waals surface area contributed by atoms with Crippen LogP contribution in [0.1, 0.15) is 17.5 Å². The molecule has 2 aromatic rings. The number of Topliss-reactive ketones (excluding diaryl/α,β-unsaturated/α-hetero) is 1. The molecule has 0 bridgehead atoms. The minimum Gasteiger partial charge on any atom is -0.299 e. The lowest BCUT2D eigenvalue weighted by molar-refractivity contribution is -0.117. The van der Waals surface area contributed by atoms with Crippen molar-refractivity contribution in [2.75, 3.05) is 0 Å². The Morgan fingerprint density at radius 3 is 2.72 bits per heavy atom. The zero-order chi connectivity index (χ0) is 12.1. The van der Waals surface area contributed by atoms with Gasteiger partial charge in [-0.05, 0) is 32.3 Å². The molecule has 0 aliphatic heterocycles. The highest BCUT2D eigenvalue weighted by molar-refractivity contribution is 5.99. The van der Waals surface area contributed by atoms with Crippen molar-refractivity contribution in [3.8, 4) is 0 Å². The zero-order valence-corrected chi connectivity index (χ0v) is 9.94. The molecule has 0 amide bonds. The van der Waals surface area contributed by atoms with Crippen molar-refractivity contribution < 1.29 is 4.79 Å². The van der Waals surface area contributed by atoms with Crippen molar-refractivity contribution in [1.82, 2.24) is 0 Å². The fourth-order valence-corrected chi connectivity index (χ4v) is 2.99. The summed E-state index contributed by atoms with van der Waals surface area (Å²) in [4.78, 5) is 11.7. The summed E-state index contributed by atoms with van der Waals surface area (Å²) in [7, 11) is 0. The number of rotatable bonds is 0. The maximum atomic E-state index is 11.7. The summed E-state index contributed by atoms with van der Waals surface area (Å²) in [6.45, 7) is 0. The van der Waals surface area contributed by atoms with E-state index in [2.05, 4.69) is 48.6 Å². The van der Waals surface area contributed by atoms with Gasteiger partial charge < -0.3 is 0 Å². The van der Waals surface area contributed by atoms with Crippen LogP contribution in [0.5, 0.6) is 0 Å². The number of allylic oxidation sites excluding steroid dienone is 1. The van der Waals surface area contributed by atoms with Crippen molar-refractivity contribution in [3.63, 3.8) is 0 Å². The van der Waals surface area contributed by atoms with Gasteiger partial charge in [0, 0.05) is 12.8 Å². The van der Waals surface area contributed by atoms with Crippen LogP contribution in [-0.2, 0) is 11.2 Å². The Morgan fingerprint density at radius 1 is 0.944 bits per heavy atom. The van der Waals surface area contributed by atoms with Gasteiger partial charge in [-0.15, -0.1) is 0 Å². The molecule has 0 radical (unpaired) electrons. The van der Waals surface area contributed by atoms with E-state index in [0.29, 0.717) is 18.6 Å². The molecule has 0 saturated heterocycles. The Kier molecular flexibility index (Phi) is 1.87. The van der Waals surface area contributed by atoms with E-state index in [1.807, 2.05) is 0 Å². The molecule has 1 nitrogen and oxygen atoms in total. The molecular weight excluding hydrogens is 220 g/mol. The third kappa shape index (κ3) is 1.25. The quantitative estimate of drug-likeness (QED) is 0.678. The molecular formula is C17H12O. The topological polar surface area (TPSA) is 17.1 Å². The van der Waals surface area contributed by atoms with Gasteiger partial charge >= 0.3 is 0 Å². The maximum Gasteiger partial charge on any atom is 0.141 e. The highest BCUT2D eigenvalue weighted by atomic mass is 16.1. The van der Waals surface area contributed by atoms with Crippen LogP contribution in [0, 0.1) is 0 Å². The molecule has 0 spiro atoms. The summed E-state index contributed by atoms with van der Waals surface area (Å²) in [6, 6.07) is 8.64. The van der Waals surface area contributed by atoms with E-state index in [0.717, 1.165) is 0 Å². The molecule has 0 fully saturated rings. The Bertz CT molecular complexity index is 838. The van der Waals surface area contributed by atoms with Crippen LogP contribution in [0.25, 0.3) is 29.0 Å². The van der Waals surface area contributed by atoms with Crippen LogP contribution in [0.2, 0.25) is 0 Å². The van der Waals surface area contributed by atoms with E-state index in [1.165, 1.54) is 32.3 Å². The first-order valence-corrected chi connectivity index (χ1v) is 6.28. The number of carbonyl (C=O) groups is 1. The second-order valence-electron chi connectivity index (χ2n) is 4.95. The first-order valence-electron chi connectivity index (χ1n) is 6.28. The summed E-state index contributed by atoms with van der Waals surface area (Å²) < 4.78 is 0. The van der Waals surface area contributed by atoms with Gasteiger partial charge in [0.15, 0.2) is 0 Å². The lowest BCUT2D eigenvalue weighted by Crippen LogP contribution is -2.20. The molecule has 2 aromatic carbocycles. The second kappa shape index (κ2) is 3.42. The minimum absolute atomic E-state index is 0.317. The second-order valence-corrected chi connectivity index (χ2v) is 4.95. The van der Waals surface area contributed by atoms with Crippen molar-refractivity contribution in [1.29, 1.82) is 0 Å². The number of benzene rings is 2. The Labute approximate surface area is 105 Å². The lowest BCUT2D eigenvalue weighted by Gasteiger charge is -2.12. The van der Waals surface area contributed by atoms with E-state index >= 15 is 0 Å². The molecule has 86 valence electrons. The average Bonchev–Trinajstić information content (AvgIpc) is 2.86. The van der Waals surface area contributed by atoms with E-state index in [4.69, 9.17) is 0 Å². The SMILES string of the molecule is O=C1CC=c2ccc3c4c(ccc3c2C1)=CC=C4. The summed E-state index contributed by atoms with van der Waals surface area (Å²) in [5.74, 6) is 0.317. The maximum absolute atomic E-state index is 11.7. The third-order valence-electron chi connectivity index (χ3n) is 3.89. The highest BCUT2D eigenvalue weighted by Gasteiger charge is 2.14. The predicted molar refractivity (Wildman–Crippen MR) is 74.5 cm³/mol. The Hall–Kier alpha value is -2.15. The van der Waals surface area contributed by atoms with Crippen molar-refractivity contribution >= 4 is 34.8 Å². The smallest absolute Gasteiger partial charge is 0.141 e. The van der Waals surface area contributed by atoms with E-state index in [-0.39, 0.29) is 0 Å². The molecule has 0 heterocycles. The highest BCUT2D eigenvalue weighted by Crippen LogP contribution is 2.22. The van der Waals surface area contributed by atoms with Gasteiger partial charge in [0.1, 0.15) is 5.78 Å². The summed E-state index contributed by atoms with van der Waals surface area (Å²) >= 11 is 0. The summed E-state index contributed by atoms with van der Waals surface area (Å²) in [6.07, 6.45) is 9.58. The van der Waals surface area contributed by atoms with Crippen molar-refractivity contribution in [3.05, 3.63) is 51.9 Å². The largest absolute Gasteiger partial charge is 0.299 e. The number of hydrogen-bond acceptors (Lipinski definition) is 1. The Balaban J connectivity index is 2.18. The fourth-order valence-electron chi connectivity index (χ4n) is 2.99. The number of hydrogen-bond donors (Lipinski definition) is 0. The molecule has 0 atom stereocenters. The van der Waals surface area contributed by atoms with E-state index < -0.39 is 0 Å². The van der Waals surface area contributed by atoms with Gasteiger partial charge in [-0.2, -0.15) is 0 Å². The van der Waals surface area contributed by atoms with Gasteiger partial charge in [-0.1, -0.05) is 48.6 Å². The van der Waals surface area contributed by atoms with E-state index in [9.17, 15) is 4.79 Å². The third-order valence-corrected chi connectivity index (χ3v) is 3.89. The number of carbonyl (C=O) groups excluding carboxylic acids is 1. The monoisotopic (exact) mass is 232 g/mol. The van der Waals surface area contributed by atoms with Crippen LogP contribution < -0.4 is 10.4 Å². The number of fused-ring (bicyclic) bond motifs is 5. The minimum atomic E-state index is 0.317. The van der Waals surface area contributed by atoms with Crippen LogP contribution in [-0.4, -0.2) is 5.78 Å². The average molecular weight is 232 g/mol. The molecule has 0 unspecified atom stereocenters. The molecule has 0 saturated carbocycles. The summed E-state index contributed by atoms with van der Waals surface area (Å²) in [5, 5.41) is 5.00. The zero-order valence-electron chi connectivity index (χ0n) is 9.94. The van der Waals surface area contributed by atoms with Crippen molar-refractivity contribution in [2.24, 2.45) is 0 Å². The first-order chi connectivity index (χ1) is 8.83. The van der Waals surface area contributed by atoms with Crippen LogP contribution in [0.15, 0.2) is 30.3 Å². The molecule has 2 aliphatic rings. The van der Waals surface area contributed by atoms with Crippen LogP contribution in [0.4, 0.5) is 0 Å². The van der Waals surface area contributed by atoms with Gasteiger partial charge in [-0.3, -0.25) is 4.79 Å². The summed E-state index contributed by atoms with van der Waals surface area (Å²) in [5.41, 5.74) is 2.49. The molecule has 4 rings (SSSR count). The fraction of sp³-hybridized carbons (Fsp3) is 0.118. The molecule has 2 aliphatic carbocycles. The van der Waals surface area contributed by atoms with Gasteiger partial charge in [0.2, 0.25) is 0 Å². The standard InChI is InChI=1S/C17H12O/c18-13-7-4-12-6-8-15-14-3-1-2-11(14)5-9-16(15)17(12)10-13/h1-6,8-9H,7,10H2. The molecule has 0 aromatic heterocycles. The van der Waals surface area contributed by atoms with Crippen LogP contribution >= 0.6 is 0 Å². The van der Waals surface area contributed by atoms with Gasteiger partial charge in [0.05, 0.1) is 0 Å². The van der Waals surface area contributed by atoms with Crippen molar-refractivity contribution in [2.45, 2.75) is 12.8 Å². The van der Waals surface area contributed by atoms with Crippen LogP contribution in [0.3, 0.4) is 0 Å². The molecule has 0 N–H and O–H groups in total. The molecule has 1 heteroatoms. The first kappa shape index (κ1) is 9.84.